The second-order valence-electron chi connectivity index (χ2n) is 5.77. The van der Waals surface area contributed by atoms with Gasteiger partial charge in [0.25, 0.3) is 0 Å². The number of ether oxygens (including phenoxy) is 1. The van der Waals surface area contributed by atoms with Crippen LogP contribution in [-0.4, -0.2) is 54.0 Å². The second kappa shape index (κ2) is 7.94. The fraction of sp³-hybridized carbons (Fsp3) is 0.529. The summed E-state index contributed by atoms with van der Waals surface area (Å²) in [5.74, 6) is -0.220. The van der Waals surface area contributed by atoms with Crippen molar-refractivity contribution in [1.29, 1.82) is 0 Å². The standard InChI is InChI=1S/C17H24N2O3/c1-14(2)19(13-15-6-4-3-5-7-15)17(21)12-16(20)18-8-10-22-11-9-18/h3-7,14H,8-13H2,1-2H3. The van der Waals surface area contributed by atoms with Crippen molar-refractivity contribution in [3.05, 3.63) is 35.9 Å². The van der Waals surface area contributed by atoms with E-state index in [0.29, 0.717) is 32.8 Å². The maximum Gasteiger partial charge on any atom is 0.232 e. The molecule has 5 heteroatoms. The Balaban J connectivity index is 1.95. The Hall–Kier alpha value is -1.88. The normalized spacial score (nSPS) is 15.0. The van der Waals surface area contributed by atoms with Crippen LogP contribution in [0.5, 0.6) is 0 Å². The Labute approximate surface area is 131 Å². The highest BCUT2D eigenvalue weighted by molar-refractivity contribution is 5.97. The Morgan fingerprint density at radius 1 is 1.18 bits per heavy atom. The molecule has 0 unspecified atom stereocenters. The van der Waals surface area contributed by atoms with Gasteiger partial charge >= 0.3 is 0 Å². The minimum absolute atomic E-state index is 0.0604. The zero-order chi connectivity index (χ0) is 15.9. The van der Waals surface area contributed by atoms with Crippen molar-refractivity contribution in [3.8, 4) is 0 Å². The molecule has 1 aliphatic heterocycles. The molecule has 0 bridgehead atoms. The number of benzene rings is 1. The molecule has 0 aromatic heterocycles. The summed E-state index contributed by atoms with van der Waals surface area (Å²) in [5.41, 5.74) is 1.07. The largest absolute Gasteiger partial charge is 0.378 e. The van der Waals surface area contributed by atoms with E-state index in [-0.39, 0.29) is 24.3 Å². The van der Waals surface area contributed by atoms with Crippen molar-refractivity contribution < 1.29 is 14.3 Å². The first-order valence-corrected chi connectivity index (χ1v) is 7.77. The number of carbonyl (C=O) groups excluding carboxylic acids is 2. The zero-order valence-corrected chi connectivity index (χ0v) is 13.3. The summed E-state index contributed by atoms with van der Waals surface area (Å²) in [5, 5.41) is 0. The van der Waals surface area contributed by atoms with Crippen LogP contribution in [0.2, 0.25) is 0 Å². The summed E-state index contributed by atoms with van der Waals surface area (Å²) in [6.07, 6.45) is -0.0645. The molecule has 1 aromatic carbocycles. The SMILES string of the molecule is CC(C)N(Cc1ccccc1)C(=O)CC(=O)N1CCOCC1. The zero-order valence-electron chi connectivity index (χ0n) is 13.3. The van der Waals surface area contributed by atoms with Crippen molar-refractivity contribution in [2.75, 3.05) is 26.3 Å². The van der Waals surface area contributed by atoms with E-state index in [9.17, 15) is 9.59 Å². The number of amides is 2. The van der Waals surface area contributed by atoms with Gasteiger partial charge in [0.05, 0.1) is 13.2 Å². The predicted molar refractivity (Wildman–Crippen MR) is 84.1 cm³/mol. The van der Waals surface area contributed by atoms with Crippen LogP contribution in [0.25, 0.3) is 0 Å². The average molecular weight is 304 g/mol. The van der Waals surface area contributed by atoms with Gasteiger partial charge in [-0.25, -0.2) is 0 Å². The maximum atomic E-state index is 12.5. The quantitative estimate of drug-likeness (QED) is 0.778. The van der Waals surface area contributed by atoms with E-state index in [4.69, 9.17) is 4.74 Å². The summed E-state index contributed by atoms with van der Waals surface area (Å²) in [7, 11) is 0. The van der Waals surface area contributed by atoms with E-state index in [1.54, 1.807) is 9.80 Å². The van der Waals surface area contributed by atoms with Gasteiger partial charge < -0.3 is 14.5 Å². The molecule has 2 amide bonds. The number of rotatable bonds is 5. The predicted octanol–water partition coefficient (Wildman–Crippen LogP) is 1.67. The maximum absolute atomic E-state index is 12.5. The van der Waals surface area contributed by atoms with Crippen molar-refractivity contribution in [3.63, 3.8) is 0 Å². The lowest BCUT2D eigenvalue weighted by Gasteiger charge is -2.30. The van der Waals surface area contributed by atoms with Crippen molar-refractivity contribution >= 4 is 11.8 Å². The summed E-state index contributed by atoms with van der Waals surface area (Å²) >= 11 is 0. The molecule has 120 valence electrons. The molecule has 1 saturated heterocycles. The van der Waals surface area contributed by atoms with Gasteiger partial charge in [0, 0.05) is 25.7 Å². The first-order chi connectivity index (χ1) is 10.6. The molecule has 1 fully saturated rings. The molecule has 0 radical (unpaired) electrons. The molecule has 0 atom stereocenters. The molecular formula is C17H24N2O3. The Morgan fingerprint density at radius 3 is 2.41 bits per heavy atom. The van der Waals surface area contributed by atoms with E-state index >= 15 is 0 Å². The van der Waals surface area contributed by atoms with Crippen molar-refractivity contribution in [2.24, 2.45) is 0 Å². The van der Waals surface area contributed by atoms with Gasteiger partial charge in [-0.15, -0.1) is 0 Å². The van der Waals surface area contributed by atoms with Gasteiger partial charge in [-0.2, -0.15) is 0 Å². The molecule has 5 nitrogen and oxygen atoms in total. The minimum Gasteiger partial charge on any atom is -0.378 e. The Bertz CT molecular complexity index is 496. The third kappa shape index (κ3) is 4.56. The van der Waals surface area contributed by atoms with Crippen molar-refractivity contribution in [1.82, 2.24) is 9.80 Å². The van der Waals surface area contributed by atoms with Crippen LogP contribution < -0.4 is 0 Å². The van der Waals surface area contributed by atoms with E-state index in [0.717, 1.165) is 5.56 Å². The fourth-order valence-corrected chi connectivity index (χ4v) is 2.49. The molecule has 0 spiro atoms. The first kappa shape index (κ1) is 16.5. The molecule has 0 aliphatic carbocycles. The Morgan fingerprint density at radius 2 is 1.82 bits per heavy atom. The van der Waals surface area contributed by atoms with Crippen LogP contribution in [0.1, 0.15) is 25.8 Å². The van der Waals surface area contributed by atoms with Gasteiger partial charge in [0.1, 0.15) is 6.42 Å². The van der Waals surface area contributed by atoms with Crippen LogP contribution in [0.15, 0.2) is 30.3 Å². The summed E-state index contributed by atoms with van der Waals surface area (Å²) in [6.45, 7) is 6.74. The topological polar surface area (TPSA) is 49.9 Å². The first-order valence-electron chi connectivity index (χ1n) is 7.77. The number of nitrogens with zero attached hydrogens (tertiary/aromatic N) is 2. The van der Waals surface area contributed by atoms with Gasteiger partial charge in [-0.05, 0) is 19.4 Å². The summed E-state index contributed by atoms with van der Waals surface area (Å²) in [4.78, 5) is 28.2. The summed E-state index contributed by atoms with van der Waals surface area (Å²) < 4.78 is 5.23. The highest BCUT2D eigenvalue weighted by Crippen LogP contribution is 2.11. The fourth-order valence-electron chi connectivity index (χ4n) is 2.49. The van der Waals surface area contributed by atoms with Gasteiger partial charge in [0.15, 0.2) is 0 Å². The third-order valence-electron chi connectivity index (χ3n) is 3.81. The average Bonchev–Trinajstić information content (AvgIpc) is 2.54. The molecule has 0 N–H and O–H groups in total. The monoisotopic (exact) mass is 304 g/mol. The number of hydrogen-bond acceptors (Lipinski definition) is 3. The molecule has 22 heavy (non-hydrogen) atoms. The Kier molecular flexibility index (Phi) is 5.95. The third-order valence-corrected chi connectivity index (χ3v) is 3.81. The van der Waals surface area contributed by atoms with Gasteiger partial charge in [-0.3, -0.25) is 9.59 Å². The van der Waals surface area contributed by atoms with Crippen molar-refractivity contribution in [2.45, 2.75) is 32.9 Å². The van der Waals surface area contributed by atoms with Gasteiger partial charge in [0.2, 0.25) is 11.8 Å². The van der Waals surface area contributed by atoms with Crippen LogP contribution in [-0.2, 0) is 20.9 Å². The molecule has 0 saturated carbocycles. The van der Waals surface area contributed by atoms with Crippen LogP contribution in [0.4, 0.5) is 0 Å². The minimum atomic E-state index is -0.115. The highest BCUT2D eigenvalue weighted by Gasteiger charge is 2.24. The van der Waals surface area contributed by atoms with Gasteiger partial charge in [-0.1, -0.05) is 30.3 Å². The van der Waals surface area contributed by atoms with E-state index in [2.05, 4.69) is 0 Å². The van der Waals surface area contributed by atoms with Crippen LogP contribution >= 0.6 is 0 Å². The molecular weight excluding hydrogens is 280 g/mol. The lowest BCUT2D eigenvalue weighted by Crippen LogP contribution is -2.44. The van der Waals surface area contributed by atoms with Crippen LogP contribution in [0, 0.1) is 0 Å². The van der Waals surface area contributed by atoms with E-state index in [1.165, 1.54) is 0 Å². The van der Waals surface area contributed by atoms with E-state index < -0.39 is 0 Å². The molecule has 2 rings (SSSR count). The van der Waals surface area contributed by atoms with E-state index in [1.807, 2.05) is 44.2 Å². The number of morpholine rings is 1. The number of hydrogen-bond donors (Lipinski definition) is 0. The summed E-state index contributed by atoms with van der Waals surface area (Å²) in [6, 6.07) is 9.91. The lowest BCUT2D eigenvalue weighted by molar-refractivity contribution is -0.144. The number of carbonyl (C=O) groups is 2. The molecule has 1 aromatic rings. The van der Waals surface area contributed by atoms with Crippen LogP contribution in [0.3, 0.4) is 0 Å². The lowest BCUT2D eigenvalue weighted by atomic mass is 10.1. The second-order valence-corrected chi connectivity index (χ2v) is 5.77. The molecule has 1 aliphatic rings. The highest BCUT2D eigenvalue weighted by atomic mass is 16.5. The molecule has 1 heterocycles. The smallest absolute Gasteiger partial charge is 0.232 e.